The first kappa shape index (κ1) is 18.6. The lowest BCUT2D eigenvalue weighted by molar-refractivity contribution is 0.0986. The molecule has 2 aromatic carbocycles. The van der Waals surface area contributed by atoms with Crippen LogP contribution < -0.4 is 10.2 Å². The predicted molar refractivity (Wildman–Crippen MR) is 95.3 cm³/mol. The first-order chi connectivity index (χ1) is 11.9. The lowest BCUT2D eigenvalue weighted by Gasteiger charge is -2.24. The van der Waals surface area contributed by atoms with Crippen LogP contribution in [0.3, 0.4) is 0 Å². The normalized spacial score (nSPS) is 9.96. The summed E-state index contributed by atoms with van der Waals surface area (Å²) < 4.78 is 0. The highest BCUT2D eigenvalue weighted by Gasteiger charge is 2.22. The molecule has 0 aromatic heterocycles. The van der Waals surface area contributed by atoms with E-state index >= 15 is 0 Å². The fourth-order valence-corrected chi connectivity index (χ4v) is 2.62. The number of amides is 2. The summed E-state index contributed by atoms with van der Waals surface area (Å²) in [7, 11) is 0. The molecule has 8 heteroatoms. The Bertz CT molecular complexity index is 849. The molecule has 0 saturated carbocycles. The van der Waals surface area contributed by atoms with E-state index in [1.165, 1.54) is 23.1 Å². The third-order valence-corrected chi connectivity index (χ3v) is 3.89. The molecule has 2 N–H and O–H groups in total. The topological polar surface area (TPSA) is 93.4 Å². The van der Waals surface area contributed by atoms with Crippen molar-refractivity contribution in [2.75, 3.05) is 18.0 Å². The van der Waals surface area contributed by atoms with E-state index in [1.807, 2.05) is 6.07 Å². The smallest absolute Gasteiger partial charge is 0.404 e. The number of benzene rings is 2. The number of hydrogen-bond acceptors (Lipinski definition) is 3. The van der Waals surface area contributed by atoms with Gasteiger partial charge in [0.15, 0.2) is 0 Å². The highest BCUT2D eigenvalue weighted by molar-refractivity contribution is 6.34. The average Bonchev–Trinajstić information content (AvgIpc) is 2.59. The fraction of sp³-hybridized carbons (Fsp3) is 0.118. The van der Waals surface area contributed by atoms with Gasteiger partial charge in [0.2, 0.25) is 0 Å². The van der Waals surface area contributed by atoms with Gasteiger partial charge in [0.25, 0.3) is 5.91 Å². The molecule has 0 atom stereocenters. The monoisotopic (exact) mass is 377 g/mol. The standard InChI is InChI=1S/C17H13Cl2N3O3/c18-12-6-5-11(10-20)13(9-12)16(23)22(8-7-21-17(24)25)15-4-2-1-3-14(15)19/h1-6,9,21H,7-8H2,(H,24,25). The summed E-state index contributed by atoms with van der Waals surface area (Å²) in [6.45, 7) is 0.0288. The van der Waals surface area contributed by atoms with Crippen molar-refractivity contribution in [3.8, 4) is 6.07 Å². The first-order valence-corrected chi connectivity index (χ1v) is 7.92. The van der Waals surface area contributed by atoms with E-state index in [0.29, 0.717) is 15.7 Å². The summed E-state index contributed by atoms with van der Waals surface area (Å²) in [6, 6.07) is 13.0. The third kappa shape index (κ3) is 4.63. The van der Waals surface area contributed by atoms with Crippen molar-refractivity contribution < 1.29 is 14.7 Å². The van der Waals surface area contributed by atoms with Crippen molar-refractivity contribution in [2.45, 2.75) is 0 Å². The Morgan fingerprint density at radius 1 is 1.20 bits per heavy atom. The van der Waals surface area contributed by atoms with Crippen LogP contribution in [0.5, 0.6) is 0 Å². The number of halogens is 2. The zero-order chi connectivity index (χ0) is 18.4. The molecule has 25 heavy (non-hydrogen) atoms. The minimum atomic E-state index is -1.20. The molecule has 0 radical (unpaired) electrons. The van der Waals surface area contributed by atoms with Crippen molar-refractivity contribution in [3.63, 3.8) is 0 Å². The molecular formula is C17H13Cl2N3O3. The van der Waals surface area contributed by atoms with Gasteiger partial charge in [-0.25, -0.2) is 4.79 Å². The van der Waals surface area contributed by atoms with E-state index in [2.05, 4.69) is 5.32 Å². The first-order valence-electron chi connectivity index (χ1n) is 7.17. The minimum Gasteiger partial charge on any atom is -0.465 e. The van der Waals surface area contributed by atoms with Gasteiger partial charge in [0.1, 0.15) is 0 Å². The lowest BCUT2D eigenvalue weighted by Crippen LogP contribution is -2.38. The van der Waals surface area contributed by atoms with Gasteiger partial charge in [0, 0.05) is 18.1 Å². The molecule has 0 spiro atoms. The minimum absolute atomic E-state index is 0.00521. The lowest BCUT2D eigenvalue weighted by atomic mass is 10.1. The second-order valence-electron chi connectivity index (χ2n) is 4.94. The van der Waals surface area contributed by atoms with E-state index in [-0.39, 0.29) is 24.2 Å². The molecule has 0 bridgehead atoms. The maximum Gasteiger partial charge on any atom is 0.404 e. The molecule has 0 aliphatic heterocycles. The van der Waals surface area contributed by atoms with E-state index < -0.39 is 12.0 Å². The number of nitriles is 1. The molecule has 0 unspecified atom stereocenters. The van der Waals surface area contributed by atoms with Crippen LogP contribution in [0, 0.1) is 11.3 Å². The zero-order valence-corrected chi connectivity index (χ0v) is 14.4. The summed E-state index contributed by atoms with van der Waals surface area (Å²) >= 11 is 12.1. The van der Waals surface area contributed by atoms with Gasteiger partial charge in [-0.05, 0) is 30.3 Å². The Balaban J connectivity index is 2.43. The Labute approximate surface area is 154 Å². The van der Waals surface area contributed by atoms with Crippen molar-refractivity contribution in [1.82, 2.24) is 5.32 Å². The molecule has 0 saturated heterocycles. The summed E-state index contributed by atoms with van der Waals surface area (Å²) in [4.78, 5) is 25.0. The predicted octanol–water partition coefficient (Wildman–Crippen LogP) is 3.78. The maximum atomic E-state index is 13.0. The number of carbonyl (C=O) groups is 2. The van der Waals surface area contributed by atoms with Gasteiger partial charge >= 0.3 is 6.09 Å². The van der Waals surface area contributed by atoms with Gasteiger partial charge in [-0.2, -0.15) is 5.26 Å². The third-order valence-electron chi connectivity index (χ3n) is 3.33. The Hall–Kier alpha value is -2.75. The van der Waals surface area contributed by atoms with Crippen molar-refractivity contribution >= 4 is 40.9 Å². The number of carbonyl (C=O) groups excluding carboxylic acids is 1. The van der Waals surface area contributed by atoms with E-state index in [4.69, 9.17) is 28.3 Å². The van der Waals surface area contributed by atoms with Crippen LogP contribution in [0.1, 0.15) is 15.9 Å². The SMILES string of the molecule is N#Cc1ccc(Cl)cc1C(=O)N(CCNC(=O)O)c1ccccc1Cl. The molecule has 0 aliphatic rings. The summed E-state index contributed by atoms with van der Waals surface area (Å²) in [5.74, 6) is -0.501. The van der Waals surface area contributed by atoms with Crippen LogP contribution >= 0.6 is 23.2 Å². The van der Waals surface area contributed by atoms with E-state index in [0.717, 1.165) is 0 Å². The van der Waals surface area contributed by atoms with Gasteiger partial charge in [-0.3, -0.25) is 4.79 Å². The van der Waals surface area contributed by atoms with Gasteiger partial charge in [-0.15, -0.1) is 0 Å². The second kappa shape index (κ2) is 8.38. The fourth-order valence-electron chi connectivity index (χ4n) is 2.21. The number of anilines is 1. The van der Waals surface area contributed by atoms with Gasteiger partial charge in [-0.1, -0.05) is 35.3 Å². The quantitative estimate of drug-likeness (QED) is 0.828. The highest BCUT2D eigenvalue weighted by atomic mass is 35.5. The van der Waals surface area contributed by atoms with Crippen LogP contribution in [-0.4, -0.2) is 30.2 Å². The van der Waals surface area contributed by atoms with Crippen LogP contribution in [-0.2, 0) is 0 Å². The van der Waals surface area contributed by atoms with Crippen LogP contribution in [0.15, 0.2) is 42.5 Å². The maximum absolute atomic E-state index is 13.0. The van der Waals surface area contributed by atoms with Crippen LogP contribution in [0.2, 0.25) is 10.0 Å². The Morgan fingerprint density at radius 2 is 1.92 bits per heavy atom. The van der Waals surface area contributed by atoms with E-state index in [9.17, 15) is 14.9 Å². The van der Waals surface area contributed by atoms with Crippen molar-refractivity contribution in [2.24, 2.45) is 0 Å². The van der Waals surface area contributed by atoms with E-state index in [1.54, 1.807) is 24.3 Å². The second-order valence-corrected chi connectivity index (χ2v) is 5.79. The molecule has 2 rings (SSSR count). The summed E-state index contributed by atoms with van der Waals surface area (Å²) in [6.07, 6.45) is -1.20. The molecule has 0 aliphatic carbocycles. The molecule has 6 nitrogen and oxygen atoms in total. The van der Waals surface area contributed by atoms with Crippen LogP contribution in [0.25, 0.3) is 0 Å². The summed E-state index contributed by atoms with van der Waals surface area (Å²) in [5.41, 5.74) is 0.688. The van der Waals surface area contributed by atoms with Crippen LogP contribution in [0.4, 0.5) is 10.5 Å². The Morgan fingerprint density at radius 3 is 2.56 bits per heavy atom. The largest absolute Gasteiger partial charge is 0.465 e. The number of nitrogens with zero attached hydrogens (tertiary/aromatic N) is 2. The van der Waals surface area contributed by atoms with Gasteiger partial charge < -0.3 is 15.3 Å². The molecule has 0 heterocycles. The molecule has 128 valence electrons. The van der Waals surface area contributed by atoms with Crippen molar-refractivity contribution in [1.29, 1.82) is 5.26 Å². The van der Waals surface area contributed by atoms with Crippen molar-refractivity contribution in [3.05, 3.63) is 63.6 Å². The number of rotatable bonds is 5. The Kier molecular flexibility index (Phi) is 6.23. The number of carboxylic acid groups (broad SMARTS) is 1. The number of hydrogen-bond donors (Lipinski definition) is 2. The molecule has 2 amide bonds. The average molecular weight is 378 g/mol. The molecule has 0 fully saturated rings. The highest BCUT2D eigenvalue weighted by Crippen LogP contribution is 2.27. The zero-order valence-electron chi connectivity index (χ0n) is 12.9. The number of nitrogens with one attached hydrogen (secondary N) is 1. The molecular weight excluding hydrogens is 365 g/mol. The number of para-hydroxylation sites is 1. The molecule has 2 aromatic rings. The summed E-state index contributed by atoms with van der Waals surface area (Å²) in [5, 5.41) is 20.8. The van der Waals surface area contributed by atoms with Gasteiger partial charge in [0.05, 0.1) is 27.9 Å².